The summed E-state index contributed by atoms with van der Waals surface area (Å²) in [6.07, 6.45) is 5.90. The maximum atomic E-state index is 10.1. The van der Waals surface area contributed by atoms with Gasteiger partial charge in [0.2, 0.25) is 0 Å². The molecule has 0 aromatic carbocycles. The van der Waals surface area contributed by atoms with Crippen LogP contribution < -0.4 is 0 Å². The molecule has 102 valence electrons. The van der Waals surface area contributed by atoms with Crippen molar-refractivity contribution < 1.29 is 10.2 Å². The van der Waals surface area contributed by atoms with Crippen molar-refractivity contribution in [1.82, 2.24) is 0 Å². The summed E-state index contributed by atoms with van der Waals surface area (Å²) in [6, 6.07) is 0. The van der Waals surface area contributed by atoms with Gasteiger partial charge in [0.05, 0.1) is 11.7 Å². The molecular weight excluding hydrogens is 292 g/mol. The third-order valence-electron chi connectivity index (χ3n) is 5.02. The summed E-state index contributed by atoms with van der Waals surface area (Å²) in [7, 11) is 0. The highest BCUT2D eigenvalue weighted by Gasteiger charge is 2.55. The van der Waals surface area contributed by atoms with Crippen LogP contribution >= 0.6 is 15.9 Å². The van der Waals surface area contributed by atoms with E-state index in [0.717, 1.165) is 18.4 Å². The number of allylic oxidation sites excluding steroid dienone is 1. The molecule has 1 unspecified atom stereocenters. The molecule has 18 heavy (non-hydrogen) atoms. The molecule has 2 N–H and O–H groups in total. The molecule has 1 saturated carbocycles. The molecule has 2 aliphatic carbocycles. The number of alkyl halides is 1. The normalized spacial score (nSPS) is 47.6. The summed E-state index contributed by atoms with van der Waals surface area (Å²) in [5.74, 6) is 0. The van der Waals surface area contributed by atoms with Crippen LogP contribution in [-0.2, 0) is 0 Å². The maximum absolute atomic E-state index is 10.1. The number of halogens is 1. The Kier molecular flexibility index (Phi) is 3.33. The molecule has 3 heteroatoms. The fraction of sp³-hybridized carbons (Fsp3) is 0.733. The monoisotopic (exact) mass is 314 g/mol. The van der Waals surface area contributed by atoms with E-state index in [9.17, 15) is 10.2 Å². The van der Waals surface area contributed by atoms with Crippen molar-refractivity contribution in [2.75, 3.05) is 0 Å². The Labute approximate surface area is 118 Å². The zero-order valence-corrected chi connectivity index (χ0v) is 13.0. The first-order valence-corrected chi connectivity index (χ1v) is 7.47. The molecule has 2 nitrogen and oxygen atoms in total. The van der Waals surface area contributed by atoms with E-state index < -0.39 is 5.60 Å². The van der Waals surface area contributed by atoms with E-state index in [-0.39, 0.29) is 21.8 Å². The number of hydrogen-bond acceptors (Lipinski definition) is 2. The van der Waals surface area contributed by atoms with E-state index in [1.807, 2.05) is 13.0 Å². The Balaban J connectivity index is 2.45. The Bertz CT molecular complexity index is 397. The van der Waals surface area contributed by atoms with E-state index >= 15 is 0 Å². The number of aliphatic hydroxyl groups is 2. The van der Waals surface area contributed by atoms with Gasteiger partial charge in [0, 0.05) is 10.2 Å². The smallest absolute Gasteiger partial charge is 0.0800 e. The van der Waals surface area contributed by atoms with Crippen molar-refractivity contribution in [1.29, 1.82) is 0 Å². The van der Waals surface area contributed by atoms with Crippen molar-refractivity contribution >= 4 is 15.9 Å². The van der Waals surface area contributed by atoms with Gasteiger partial charge >= 0.3 is 0 Å². The Hall–Kier alpha value is -0.120. The van der Waals surface area contributed by atoms with Crippen LogP contribution in [0.5, 0.6) is 0 Å². The summed E-state index contributed by atoms with van der Waals surface area (Å²) in [4.78, 5) is 0.0446. The summed E-state index contributed by atoms with van der Waals surface area (Å²) in [5.41, 5.74) is 0.138. The molecule has 4 atom stereocenters. The second kappa shape index (κ2) is 4.19. The maximum Gasteiger partial charge on any atom is 0.0800 e. The molecular formula is C15H23BrO2. The van der Waals surface area contributed by atoms with Gasteiger partial charge in [-0.1, -0.05) is 54.1 Å². The predicted octanol–water partition coefficient (Wildman–Crippen LogP) is 3.18. The van der Waals surface area contributed by atoms with Gasteiger partial charge in [-0.25, -0.2) is 0 Å². The minimum Gasteiger partial charge on any atom is -0.392 e. The molecule has 2 aliphatic rings. The number of rotatable bonds is 0. The lowest BCUT2D eigenvalue weighted by Crippen LogP contribution is -2.54. The van der Waals surface area contributed by atoms with Gasteiger partial charge in [-0.2, -0.15) is 0 Å². The minimum atomic E-state index is -0.709. The zero-order valence-electron chi connectivity index (χ0n) is 11.4. The lowest BCUT2D eigenvalue weighted by molar-refractivity contribution is 0.00234. The first kappa shape index (κ1) is 14.3. The number of aliphatic hydroxyl groups excluding tert-OH is 1. The molecule has 0 bridgehead atoms. The summed E-state index contributed by atoms with van der Waals surface area (Å²) < 4.78 is 0. The second-order valence-electron chi connectivity index (χ2n) is 6.66. The fourth-order valence-corrected chi connectivity index (χ4v) is 4.09. The van der Waals surface area contributed by atoms with Crippen molar-refractivity contribution in [3.05, 3.63) is 24.3 Å². The lowest BCUT2D eigenvalue weighted by Gasteiger charge is -2.56. The standard InChI is InChI=1S/C15H23BrO2/c1-10-9-11(17)12(16)13(2,3)15(10)7-5-14(4,18)6-8-15/h5,7,11-12,17-18H,1,6,8-9H2,2-4H3/t11-,12?,14-,15+/m0/s1. The fourth-order valence-electron chi connectivity index (χ4n) is 3.49. The average Bonchev–Trinajstić information content (AvgIpc) is 2.26. The van der Waals surface area contributed by atoms with Gasteiger partial charge in [0.1, 0.15) is 0 Å². The summed E-state index contributed by atoms with van der Waals surface area (Å²) in [5, 5.41) is 20.2. The third kappa shape index (κ3) is 1.91. The molecule has 1 spiro atoms. The molecule has 2 rings (SSSR count). The summed E-state index contributed by atoms with van der Waals surface area (Å²) >= 11 is 3.65. The van der Waals surface area contributed by atoms with Crippen LogP contribution in [0, 0.1) is 10.8 Å². The highest BCUT2D eigenvalue weighted by atomic mass is 79.9. The van der Waals surface area contributed by atoms with Crippen LogP contribution in [-0.4, -0.2) is 26.7 Å². The van der Waals surface area contributed by atoms with Crippen LogP contribution in [0.25, 0.3) is 0 Å². The molecule has 0 aromatic rings. The van der Waals surface area contributed by atoms with Gasteiger partial charge in [0.25, 0.3) is 0 Å². The quantitative estimate of drug-likeness (QED) is 0.532. The molecule has 0 aliphatic heterocycles. The second-order valence-corrected chi connectivity index (χ2v) is 7.65. The van der Waals surface area contributed by atoms with Gasteiger partial charge in [-0.3, -0.25) is 0 Å². The zero-order chi connectivity index (χ0) is 13.8. The Morgan fingerprint density at radius 2 is 1.89 bits per heavy atom. The molecule has 0 amide bonds. The number of hydrogen-bond donors (Lipinski definition) is 2. The topological polar surface area (TPSA) is 40.5 Å². The highest BCUT2D eigenvalue weighted by molar-refractivity contribution is 9.09. The Morgan fingerprint density at radius 3 is 2.39 bits per heavy atom. The molecule has 1 fully saturated rings. The largest absolute Gasteiger partial charge is 0.392 e. The van der Waals surface area contributed by atoms with Crippen molar-refractivity contribution in [2.45, 2.75) is 56.6 Å². The summed E-state index contributed by atoms with van der Waals surface area (Å²) in [6.45, 7) is 10.4. The van der Waals surface area contributed by atoms with Crippen molar-refractivity contribution in [3.63, 3.8) is 0 Å². The first-order valence-electron chi connectivity index (χ1n) is 6.56. The van der Waals surface area contributed by atoms with E-state index in [0.29, 0.717) is 6.42 Å². The average molecular weight is 315 g/mol. The predicted molar refractivity (Wildman–Crippen MR) is 77.7 cm³/mol. The van der Waals surface area contributed by atoms with Gasteiger partial charge in [-0.05, 0) is 31.6 Å². The van der Waals surface area contributed by atoms with E-state index in [2.05, 4.69) is 42.4 Å². The van der Waals surface area contributed by atoms with Crippen LogP contribution in [0.2, 0.25) is 0 Å². The van der Waals surface area contributed by atoms with Gasteiger partial charge in [0.15, 0.2) is 0 Å². The van der Waals surface area contributed by atoms with Crippen molar-refractivity contribution in [2.24, 2.45) is 10.8 Å². The third-order valence-corrected chi connectivity index (χ3v) is 6.77. The van der Waals surface area contributed by atoms with Crippen LogP contribution in [0.4, 0.5) is 0 Å². The van der Waals surface area contributed by atoms with Crippen LogP contribution in [0.1, 0.15) is 40.0 Å². The lowest BCUT2D eigenvalue weighted by atomic mass is 9.51. The van der Waals surface area contributed by atoms with E-state index in [1.165, 1.54) is 0 Å². The van der Waals surface area contributed by atoms with E-state index in [1.54, 1.807) is 0 Å². The Morgan fingerprint density at radius 1 is 1.28 bits per heavy atom. The molecule has 0 radical (unpaired) electrons. The minimum absolute atomic E-state index is 0.0446. The highest BCUT2D eigenvalue weighted by Crippen LogP contribution is 2.60. The molecule has 0 saturated heterocycles. The first-order chi connectivity index (χ1) is 8.12. The van der Waals surface area contributed by atoms with Crippen molar-refractivity contribution in [3.8, 4) is 0 Å². The van der Waals surface area contributed by atoms with Gasteiger partial charge < -0.3 is 10.2 Å². The molecule has 0 heterocycles. The molecule has 0 aromatic heterocycles. The van der Waals surface area contributed by atoms with Crippen LogP contribution in [0.15, 0.2) is 24.3 Å². The van der Waals surface area contributed by atoms with E-state index in [4.69, 9.17) is 0 Å². The SMILES string of the molecule is C=C1C[C@H](O)C(Br)C(C)(C)[C@@]12C=C[C@](C)(O)CC2. The van der Waals surface area contributed by atoms with Crippen LogP contribution in [0.3, 0.4) is 0 Å². The van der Waals surface area contributed by atoms with Gasteiger partial charge in [-0.15, -0.1) is 0 Å².